The first kappa shape index (κ1) is 16.1. The molecule has 2 aromatic carbocycles. The zero-order chi connectivity index (χ0) is 16.8. The summed E-state index contributed by atoms with van der Waals surface area (Å²) in [7, 11) is 0. The van der Waals surface area contributed by atoms with Crippen LogP contribution in [0, 0.1) is 0 Å². The largest absolute Gasteiger partial charge is 0.381 e. The van der Waals surface area contributed by atoms with E-state index in [0.717, 1.165) is 37.3 Å². The molecule has 0 radical (unpaired) electrons. The summed E-state index contributed by atoms with van der Waals surface area (Å²) in [5, 5.41) is 12.3. The highest BCUT2D eigenvalue weighted by Gasteiger charge is 2.31. The first-order valence-corrected chi connectivity index (χ1v) is 9.79. The van der Waals surface area contributed by atoms with Crippen LogP contribution in [-0.2, 0) is 6.42 Å². The summed E-state index contributed by atoms with van der Waals surface area (Å²) in [5.74, 6) is 0.0115. The van der Waals surface area contributed by atoms with Crippen LogP contribution in [0.3, 0.4) is 0 Å². The van der Waals surface area contributed by atoms with Crippen LogP contribution in [0.25, 0.3) is 21.8 Å². The van der Waals surface area contributed by atoms with E-state index in [9.17, 15) is 9.90 Å². The van der Waals surface area contributed by atoms with E-state index in [-0.39, 0.29) is 11.2 Å². The number of hydrogen-bond acceptors (Lipinski definition) is 5. The van der Waals surface area contributed by atoms with Gasteiger partial charge in [0.15, 0.2) is 0 Å². The Morgan fingerprint density at radius 2 is 1.92 bits per heavy atom. The van der Waals surface area contributed by atoms with Crippen molar-refractivity contribution in [1.82, 2.24) is 4.57 Å². The van der Waals surface area contributed by atoms with Gasteiger partial charge in [0.25, 0.3) is 0 Å². The molecule has 2 heterocycles. The topological polar surface area (TPSA) is 42.2 Å². The van der Waals surface area contributed by atoms with E-state index in [2.05, 4.69) is 6.07 Å². The van der Waals surface area contributed by atoms with Crippen molar-refractivity contribution >= 4 is 67.0 Å². The van der Waals surface area contributed by atoms with Gasteiger partial charge in [-0.05, 0) is 30.2 Å². The quantitative estimate of drug-likeness (QED) is 0.672. The van der Waals surface area contributed by atoms with E-state index in [1.807, 2.05) is 36.4 Å². The third kappa shape index (κ3) is 2.67. The molecule has 1 saturated heterocycles. The number of rotatable bonds is 2. The first-order chi connectivity index (χ1) is 11.5. The Morgan fingerprint density at radius 3 is 2.62 bits per heavy atom. The monoisotopic (exact) mass is 373 g/mol. The van der Waals surface area contributed by atoms with E-state index in [1.165, 1.54) is 11.8 Å². The summed E-state index contributed by atoms with van der Waals surface area (Å²) in [6.07, 6.45) is 0.758. The van der Waals surface area contributed by atoms with Gasteiger partial charge in [-0.25, -0.2) is 0 Å². The zero-order valence-electron chi connectivity index (χ0n) is 12.9. The molecule has 1 aromatic heterocycles. The molecule has 3 aromatic rings. The molecule has 2 atom stereocenters. The fourth-order valence-electron chi connectivity index (χ4n) is 3.25. The number of carbonyl (C=O) groups excluding carboxylic acids is 1. The molecule has 0 spiro atoms. The second-order valence-electron chi connectivity index (χ2n) is 5.84. The number of para-hydroxylation sites is 1. The van der Waals surface area contributed by atoms with Crippen molar-refractivity contribution in [2.45, 2.75) is 24.0 Å². The van der Waals surface area contributed by atoms with Gasteiger partial charge >= 0.3 is 0 Å². The molecule has 4 rings (SSSR count). The summed E-state index contributed by atoms with van der Waals surface area (Å²) in [4.78, 5) is 12.1. The minimum absolute atomic E-state index is 0.0115. The van der Waals surface area contributed by atoms with Gasteiger partial charge in [0.2, 0.25) is 5.91 Å². The summed E-state index contributed by atoms with van der Waals surface area (Å²) in [6.45, 7) is 1.59. The number of hydrogen-bond donors (Lipinski definition) is 1. The Kier molecular flexibility index (Phi) is 4.16. The van der Waals surface area contributed by atoms with Gasteiger partial charge in [-0.3, -0.25) is 9.36 Å². The Bertz CT molecular complexity index is 979. The molecule has 1 fully saturated rings. The van der Waals surface area contributed by atoms with Gasteiger partial charge in [-0.2, -0.15) is 0 Å². The van der Waals surface area contributed by atoms with Crippen LogP contribution >= 0.6 is 35.7 Å². The van der Waals surface area contributed by atoms with Crippen molar-refractivity contribution < 1.29 is 9.90 Å². The summed E-state index contributed by atoms with van der Waals surface area (Å²) < 4.78 is 2.57. The Labute approximate surface area is 153 Å². The van der Waals surface area contributed by atoms with Gasteiger partial charge in [0, 0.05) is 17.7 Å². The minimum atomic E-state index is -0.447. The van der Waals surface area contributed by atoms with E-state index in [0.29, 0.717) is 0 Å². The van der Waals surface area contributed by atoms with Crippen molar-refractivity contribution in [3.63, 3.8) is 0 Å². The predicted octanol–water partition coefficient (Wildman–Crippen LogP) is 4.45. The minimum Gasteiger partial charge on any atom is -0.381 e. The van der Waals surface area contributed by atoms with E-state index in [4.69, 9.17) is 12.2 Å². The molecule has 6 heteroatoms. The van der Waals surface area contributed by atoms with Crippen molar-refractivity contribution in [3.05, 3.63) is 48.0 Å². The number of thiocarbonyl (C=S) groups is 1. The molecule has 122 valence electrons. The standard InChI is InChI=1S/C18H15NO2S3/c1-10(20)19-14-5-3-2-4-12(14)13-8-11(6-7-15(13)19)9-16-17(21)24-18(22)23-16/h2-8,16-17,21H,9H2,1H3. The van der Waals surface area contributed by atoms with Crippen molar-refractivity contribution in [2.75, 3.05) is 0 Å². The maximum absolute atomic E-state index is 12.1. The summed E-state index contributed by atoms with van der Waals surface area (Å²) in [5.41, 5.74) is 2.56. The molecular weight excluding hydrogens is 358 g/mol. The SMILES string of the molecule is CC(=O)n1c2ccccc2c2cc(CC3SC(=S)SC3O)ccc21. The van der Waals surface area contributed by atoms with E-state index >= 15 is 0 Å². The number of aliphatic hydroxyl groups excluding tert-OH is 1. The van der Waals surface area contributed by atoms with Crippen molar-refractivity contribution in [1.29, 1.82) is 0 Å². The number of thioether (sulfide) groups is 2. The summed E-state index contributed by atoms with van der Waals surface area (Å²) in [6, 6.07) is 14.1. The normalized spacial score (nSPS) is 21.0. The van der Waals surface area contributed by atoms with E-state index in [1.54, 1.807) is 23.3 Å². The summed E-state index contributed by atoms with van der Waals surface area (Å²) >= 11 is 8.12. The van der Waals surface area contributed by atoms with Gasteiger partial charge in [0.1, 0.15) is 8.96 Å². The first-order valence-electron chi connectivity index (χ1n) is 7.63. The number of nitrogens with zero attached hydrogens (tertiary/aromatic N) is 1. The zero-order valence-corrected chi connectivity index (χ0v) is 15.4. The van der Waals surface area contributed by atoms with Gasteiger partial charge < -0.3 is 5.11 Å². The molecule has 0 saturated carbocycles. The van der Waals surface area contributed by atoms with Crippen LogP contribution in [-0.4, -0.2) is 29.8 Å². The molecule has 1 aliphatic heterocycles. The lowest BCUT2D eigenvalue weighted by Crippen LogP contribution is -2.17. The Balaban J connectivity index is 1.82. The number of benzene rings is 2. The lowest BCUT2D eigenvalue weighted by Gasteiger charge is -2.12. The molecule has 0 bridgehead atoms. The Morgan fingerprint density at radius 1 is 1.17 bits per heavy atom. The maximum atomic E-state index is 12.1. The smallest absolute Gasteiger partial charge is 0.228 e. The number of aromatic nitrogens is 1. The fourth-order valence-corrected chi connectivity index (χ4v) is 6.22. The second kappa shape index (κ2) is 6.19. The molecule has 3 nitrogen and oxygen atoms in total. The van der Waals surface area contributed by atoms with Gasteiger partial charge in [0.05, 0.1) is 16.3 Å². The number of aliphatic hydroxyl groups is 1. The van der Waals surface area contributed by atoms with Crippen molar-refractivity contribution in [2.24, 2.45) is 0 Å². The van der Waals surface area contributed by atoms with Crippen LogP contribution in [0.5, 0.6) is 0 Å². The predicted molar refractivity (Wildman–Crippen MR) is 107 cm³/mol. The molecule has 0 amide bonds. The number of fused-ring (bicyclic) bond motifs is 3. The van der Waals surface area contributed by atoms with Crippen molar-refractivity contribution in [3.8, 4) is 0 Å². The number of carbonyl (C=O) groups is 1. The molecule has 2 unspecified atom stereocenters. The molecule has 1 aliphatic rings. The third-order valence-electron chi connectivity index (χ3n) is 4.27. The highest BCUT2D eigenvalue weighted by Crippen LogP contribution is 2.40. The second-order valence-corrected chi connectivity index (χ2v) is 9.40. The van der Waals surface area contributed by atoms with Crippen LogP contribution in [0.2, 0.25) is 0 Å². The van der Waals surface area contributed by atoms with Gasteiger partial charge in [-0.15, -0.1) is 11.8 Å². The van der Waals surface area contributed by atoms with Crippen LogP contribution < -0.4 is 0 Å². The molecular formula is C18H15NO2S3. The average Bonchev–Trinajstić information content (AvgIpc) is 3.04. The van der Waals surface area contributed by atoms with Crippen LogP contribution in [0.15, 0.2) is 42.5 Å². The van der Waals surface area contributed by atoms with Crippen LogP contribution in [0.1, 0.15) is 17.3 Å². The molecule has 24 heavy (non-hydrogen) atoms. The average molecular weight is 374 g/mol. The van der Waals surface area contributed by atoms with Crippen LogP contribution in [0.4, 0.5) is 0 Å². The maximum Gasteiger partial charge on any atom is 0.228 e. The van der Waals surface area contributed by atoms with Gasteiger partial charge in [-0.1, -0.05) is 48.2 Å². The molecule has 1 N–H and O–H groups in total. The molecule has 0 aliphatic carbocycles. The lowest BCUT2D eigenvalue weighted by atomic mass is 10.1. The lowest BCUT2D eigenvalue weighted by molar-refractivity contribution is 0.0946. The Hall–Kier alpha value is -1.34. The van der Waals surface area contributed by atoms with E-state index < -0.39 is 5.44 Å². The highest BCUT2D eigenvalue weighted by molar-refractivity contribution is 8.49. The highest BCUT2D eigenvalue weighted by atomic mass is 32.2. The fraction of sp³-hybridized carbons (Fsp3) is 0.222. The third-order valence-corrected chi connectivity index (χ3v) is 7.28.